The molecule has 1 heterocycles. The summed E-state index contributed by atoms with van der Waals surface area (Å²) < 4.78 is 5.09. The third-order valence-electron chi connectivity index (χ3n) is 1.93. The molecule has 1 aromatic heterocycles. The van der Waals surface area contributed by atoms with Crippen LogP contribution in [-0.2, 0) is 11.3 Å². The van der Waals surface area contributed by atoms with E-state index in [4.69, 9.17) is 4.74 Å². The van der Waals surface area contributed by atoms with Crippen molar-refractivity contribution in [2.24, 2.45) is 0 Å². The largest absolute Gasteiger partial charge is 0.444 e. The van der Waals surface area contributed by atoms with Gasteiger partial charge in [-0.2, -0.15) is 0 Å². The predicted molar refractivity (Wildman–Crippen MR) is 69.8 cm³/mol. The number of nitrogens with one attached hydrogen (secondary N) is 1. The van der Waals surface area contributed by atoms with Crippen LogP contribution in [0.25, 0.3) is 0 Å². The second kappa shape index (κ2) is 5.95. The van der Waals surface area contributed by atoms with Gasteiger partial charge in [-0.25, -0.2) is 9.78 Å². The first-order chi connectivity index (χ1) is 8.31. The van der Waals surface area contributed by atoms with Crippen LogP contribution in [0.5, 0.6) is 0 Å². The second-order valence-electron chi connectivity index (χ2n) is 4.75. The second-order valence-corrected chi connectivity index (χ2v) is 5.87. The number of carbonyl (C=O) groups excluding carboxylic acids is 2. The maximum atomic E-state index is 11.4. The molecule has 0 atom stereocenters. The van der Waals surface area contributed by atoms with E-state index in [2.05, 4.69) is 10.3 Å². The fraction of sp³-hybridized carbons (Fsp3) is 0.583. The topological polar surface area (TPSA) is 68.3 Å². The van der Waals surface area contributed by atoms with Gasteiger partial charge >= 0.3 is 6.09 Å². The number of ketones is 1. The minimum absolute atomic E-state index is 0.0658. The molecule has 0 bridgehead atoms. The monoisotopic (exact) mass is 270 g/mol. The van der Waals surface area contributed by atoms with Gasteiger partial charge in [0.1, 0.15) is 10.6 Å². The van der Waals surface area contributed by atoms with Gasteiger partial charge in [0.2, 0.25) is 0 Å². The molecule has 6 heteroatoms. The number of nitrogens with zero attached hydrogens (tertiary/aromatic N) is 1. The molecule has 5 nitrogen and oxygen atoms in total. The summed E-state index contributed by atoms with van der Waals surface area (Å²) in [5.41, 5.74) is -0.518. The molecule has 0 unspecified atom stereocenters. The summed E-state index contributed by atoms with van der Waals surface area (Å²) in [5, 5.41) is 3.29. The maximum Gasteiger partial charge on any atom is 0.408 e. The van der Waals surface area contributed by atoms with Crippen molar-refractivity contribution in [1.82, 2.24) is 10.3 Å². The van der Waals surface area contributed by atoms with Gasteiger partial charge in [-0.05, 0) is 20.8 Å². The van der Waals surface area contributed by atoms with Crippen molar-refractivity contribution in [3.8, 4) is 0 Å². The molecular weight excluding hydrogens is 252 g/mol. The minimum Gasteiger partial charge on any atom is -0.444 e. The van der Waals surface area contributed by atoms with Crippen LogP contribution in [0.4, 0.5) is 4.79 Å². The predicted octanol–water partition coefficient (Wildman–Crippen LogP) is 2.76. The van der Waals surface area contributed by atoms with Crippen LogP contribution in [-0.4, -0.2) is 22.5 Å². The summed E-state index contributed by atoms with van der Waals surface area (Å²) in [5.74, 6) is 0.0658. The van der Waals surface area contributed by atoms with Gasteiger partial charge in [0.15, 0.2) is 5.78 Å². The van der Waals surface area contributed by atoms with Crippen molar-refractivity contribution in [2.45, 2.75) is 46.3 Å². The van der Waals surface area contributed by atoms with E-state index < -0.39 is 11.7 Å². The van der Waals surface area contributed by atoms with Gasteiger partial charge in [-0.3, -0.25) is 4.79 Å². The number of alkyl carbamates (subject to hydrolysis) is 1. The summed E-state index contributed by atoms with van der Waals surface area (Å²) in [6.45, 7) is 7.48. The Hall–Kier alpha value is -1.43. The lowest BCUT2D eigenvalue weighted by atomic mass is 10.2. The Kier molecular flexibility index (Phi) is 4.84. The van der Waals surface area contributed by atoms with Gasteiger partial charge in [-0.15, -0.1) is 11.3 Å². The fourth-order valence-corrected chi connectivity index (χ4v) is 2.02. The quantitative estimate of drug-likeness (QED) is 0.854. The highest BCUT2D eigenvalue weighted by Gasteiger charge is 2.16. The van der Waals surface area contributed by atoms with Crippen LogP contribution in [0.15, 0.2) is 6.20 Å². The van der Waals surface area contributed by atoms with E-state index in [0.717, 1.165) is 0 Å². The van der Waals surface area contributed by atoms with Gasteiger partial charge < -0.3 is 10.1 Å². The van der Waals surface area contributed by atoms with Crippen LogP contribution in [0.1, 0.15) is 48.8 Å². The van der Waals surface area contributed by atoms with Crippen molar-refractivity contribution in [3.05, 3.63) is 16.1 Å². The first-order valence-electron chi connectivity index (χ1n) is 5.76. The summed E-state index contributed by atoms with van der Waals surface area (Å²) in [6.07, 6.45) is 1.52. The van der Waals surface area contributed by atoms with Gasteiger partial charge in [0.05, 0.1) is 11.4 Å². The third-order valence-corrected chi connectivity index (χ3v) is 2.97. The highest BCUT2D eigenvalue weighted by atomic mass is 32.1. The number of hydrogen-bond donors (Lipinski definition) is 1. The molecule has 0 aliphatic rings. The number of thiazole rings is 1. The number of carbonyl (C=O) groups is 2. The number of Topliss-reactive ketones (excluding diaryl/α,β-unsaturated/α-hetero) is 1. The summed E-state index contributed by atoms with van der Waals surface area (Å²) in [6, 6.07) is 0. The molecule has 100 valence electrons. The maximum absolute atomic E-state index is 11.4. The molecule has 0 spiro atoms. The van der Waals surface area contributed by atoms with Crippen LogP contribution in [0, 0.1) is 0 Å². The van der Waals surface area contributed by atoms with E-state index in [1.807, 2.05) is 0 Å². The molecule has 0 aliphatic heterocycles. The van der Waals surface area contributed by atoms with Gasteiger partial charge in [0, 0.05) is 12.6 Å². The third kappa shape index (κ3) is 4.83. The zero-order chi connectivity index (χ0) is 13.8. The molecule has 1 amide bonds. The molecule has 18 heavy (non-hydrogen) atoms. The smallest absolute Gasteiger partial charge is 0.408 e. The van der Waals surface area contributed by atoms with Crippen LogP contribution in [0.2, 0.25) is 0 Å². The SMILES string of the molecule is CCC(=O)c1cnc(CNC(=O)OC(C)(C)C)s1. The van der Waals surface area contributed by atoms with E-state index in [1.54, 1.807) is 33.9 Å². The Balaban J connectivity index is 2.47. The molecule has 1 rings (SSSR count). The molecule has 0 aliphatic carbocycles. The fourth-order valence-electron chi connectivity index (χ4n) is 1.16. The Labute approximate surface area is 111 Å². The van der Waals surface area contributed by atoms with E-state index >= 15 is 0 Å². The zero-order valence-corrected chi connectivity index (χ0v) is 11.9. The van der Waals surface area contributed by atoms with Gasteiger partial charge in [0.25, 0.3) is 0 Å². The Morgan fingerprint density at radius 3 is 2.67 bits per heavy atom. The molecular formula is C12H18N2O3S. The number of hydrogen-bond acceptors (Lipinski definition) is 5. The lowest BCUT2D eigenvalue weighted by molar-refractivity contribution is 0.0523. The highest BCUT2D eigenvalue weighted by Crippen LogP contribution is 2.15. The summed E-state index contributed by atoms with van der Waals surface area (Å²) in [7, 11) is 0. The van der Waals surface area contributed by atoms with E-state index in [1.165, 1.54) is 11.3 Å². The lowest BCUT2D eigenvalue weighted by Gasteiger charge is -2.19. The first-order valence-corrected chi connectivity index (χ1v) is 6.58. The molecule has 0 radical (unpaired) electrons. The number of aromatic nitrogens is 1. The Morgan fingerprint density at radius 2 is 2.11 bits per heavy atom. The van der Waals surface area contributed by atoms with E-state index in [0.29, 0.717) is 16.3 Å². The summed E-state index contributed by atoms with van der Waals surface area (Å²) >= 11 is 1.29. The molecule has 0 fully saturated rings. The average Bonchev–Trinajstić information content (AvgIpc) is 2.71. The zero-order valence-electron chi connectivity index (χ0n) is 11.1. The Morgan fingerprint density at radius 1 is 1.44 bits per heavy atom. The number of ether oxygens (including phenoxy) is 1. The van der Waals surface area contributed by atoms with Crippen molar-refractivity contribution in [2.75, 3.05) is 0 Å². The normalized spacial score (nSPS) is 11.1. The van der Waals surface area contributed by atoms with Crippen LogP contribution < -0.4 is 5.32 Å². The number of rotatable bonds is 4. The van der Waals surface area contributed by atoms with E-state index in [-0.39, 0.29) is 12.3 Å². The van der Waals surface area contributed by atoms with Gasteiger partial charge in [-0.1, -0.05) is 6.92 Å². The van der Waals surface area contributed by atoms with E-state index in [9.17, 15) is 9.59 Å². The molecule has 0 aromatic carbocycles. The van der Waals surface area contributed by atoms with Crippen molar-refractivity contribution >= 4 is 23.2 Å². The standard InChI is InChI=1S/C12H18N2O3S/c1-5-8(15)9-6-13-10(18-9)7-14-11(16)17-12(2,3)4/h6H,5,7H2,1-4H3,(H,14,16). The number of amides is 1. The van der Waals surface area contributed by atoms with Crippen molar-refractivity contribution < 1.29 is 14.3 Å². The van der Waals surface area contributed by atoms with Crippen molar-refractivity contribution in [1.29, 1.82) is 0 Å². The lowest BCUT2D eigenvalue weighted by Crippen LogP contribution is -2.32. The summed E-state index contributed by atoms with van der Waals surface area (Å²) in [4.78, 5) is 27.5. The molecule has 1 N–H and O–H groups in total. The highest BCUT2D eigenvalue weighted by molar-refractivity contribution is 7.13. The van der Waals surface area contributed by atoms with Crippen molar-refractivity contribution in [3.63, 3.8) is 0 Å². The Bertz CT molecular complexity index is 435. The van der Waals surface area contributed by atoms with Crippen LogP contribution in [0.3, 0.4) is 0 Å². The molecule has 1 aromatic rings. The molecule has 0 saturated carbocycles. The average molecular weight is 270 g/mol. The minimum atomic E-state index is -0.518. The molecule has 0 saturated heterocycles. The van der Waals surface area contributed by atoms with Crippen LogP contribution >= 0.6 is 11.3 Å². The first kappa shape index (κ1) is 14.6.